The lowest BCUT2D eigenvalue weighted by molar-refractivity contribution is 0.290. The van der Waals surface area contributed by atoms with E-state index in [1.165, 1.54) is 25.3 Å². The van der Waals surface area contributed by atoms with Gasteiger partial charge >= 0.3 is 0 Å². The predicted octanol–water partition coefficient (Wildman–Crippen LogP) is 5.92. The maximum Gasteiger partial charge on any atom is 0.165 e. The van der Waals surface area contributed by atoms with E-state index in [0.29, 0.717) is 12.4 Å². The second-order valence-corrected chi connectivity index (χ2v) is 6.87. The molecule has 0 aliphatic rings. The summed E-state index contributed by atoms with van der Waals surface area (Å²) in [6.07, 6.45) is 7.70. The van der Waals surface area contributed by atoms with Crippen LogP contribution in [0.15, 0.2) is 54.6 Å². The van der Waals surface area contributed by atoms with Crippen LogP contribution in [0.25, 0.3) is 10.9 Å². The van der Waals surface area contributed by atoms with Gasteiger partial charge in [-0.25, -0.2) is 4.39 Å². The van der Waals surface area contributed by atoms with Gasteiger partial charge in [0.2, 0.25) is 0 Å². The van der Waals surface area contributed by atoms with Crippen LogP contribution < -0.4 is 10.5 Å². The van der Waals surface area contributed by atoms with Crippen LogP contribution in [-0.4, -0.2) is 11.6 Å². The van der Waals surface area contributed by atoms with Gasteiger partial charge in [0.1, 0.15) is 0 Å². The number of nitrogen functional groups attached to an aromatic ring is 1. The second kappa shape index (κ2) is 9.91. The molecule has 0 radical (unpaired) electrons. The molecule has 0 aliphatic heterocycles. The van der Waals surface area contributed by atoms with E-state index in [1.807, 2.05) is 30.3 Å². The SMILES string of the molecule is Nc1cc(CCCCCCCCOc2ccccc2F)nc2ccccc12. The van der Waals surface area contributed by atoms with E-state index >= 15 is 0 Å². The zero-order valence-electron chi connectivity index (χ0n) is 15.7. The van der Waals surface area contributed by atoms with Crippen LogP contribution >= 0.6 is 0 Å². The Balaban J connectivity index is 1.28. The molecule has 1 heterocycles. The topological polar surface area (TPSA) is 48.1 Å². The number of aryl methyl sites for hydroxylation is 1. The highest BCUT2D eigenvalue weighted by Gasteiger charge is 2.03. The summed E-state index contributed by atoms with van der Waals surface area (Å²) < 4.78 is 18.9. The van der Waals surface area contributed by atoms with Gasteiger partial charge in [-0.1, -0.05) is 56.0 Å². The van der Waals surface area contributed by atoms with Crippen molar-refractivity contribution in [2.24, 2.45) is 0 Å². The maximum absolute atomic E-state index is 13.4. The number of fused-ring (bicyclic) bond motifs is 1. The molecule has 3 rings (SSSR count). The number of halogens is 1. The molecular weight excluding hydrogens is 339 g/mol. The van der Waals surface area contributed by atoms with Crippen molar-refractivity contribution in [3.8, 4) is 5.75 Å². The van der Waals surface area contributed by atoms with Gasteiger partial charge < -0.3 is 10.5 Å². The monoisotopic (exact) mass is 366 g/mol. The molecule has 0 saturated carbocycles. The first-order chi connectivity index (χ1) is 13.2. The van der Waals surface area contributed by atoms with Crippen LogP contribution in [0, 0.1) is 5.82 Å². The Kier molecular flexibility index (Phi) is 7.03. The molecule has 2 N–H and O–H groups in total. The third-order valence-electron chi connectivity index (χ3n) is 4.72. The summed E-state index contributed by atoms with van der Waals surface area (Å²) in [4.78, 5) is 4.70. The number of ether oxygens (including phenoxy) is 1. The lowest BCUT2D eigenvalue weighted by atomic mass is 10.1. The summed E-state index contributed by atoms with van der Waals surface area (Å²) in [5.74, 6) is 0.0556. The Bertz CT molecular complexity index is 866. The van der Waals surface area contributed by atoms with Gasteiger partial charge in [0.15, 0.2) is 11.6 Å². The number of nitrogens with zero attached hydrogens (tertiary/aromatic N) is 1. The summed E-state index contributed by atoms with van der Waals surface area (Å²) in [6.45, 7) is 0.571. The number of aromatic nitrogens is 1. The first-order valence-electron chi connectivity index (χ1n) is 9.75. The molecule has 2 aromatic carbocycles. The summed E-state index contributed by atoms with van der Waals surface area (Å²) in [6, 6.07) is 16.6. The predicted molar refractivity (Wildman–Crippen MR) is 109 cm³/mol. The van der Waals surface area contributed by atoms with Crippen LogP contribution in [0.3, 0.4) is 0 Å². The number of nitrogens with two attached hydrogens (primary N) is 1. The third-order valence-corrected chi connectivity index (χ3v) is 4.72. The molecule has 27 heavy (non-hydrogen) atoms. The first-order valence-corrected chi connectivity index (χ1v) is 9.75. The Labute approximate surface area is 160 Å². The number of benzene rings is 2. The van der Waals surface area contributed by atoms with Crippen molar-refractivity contribution < 1.29 is 9.13 Å². The summed E-state index contributed by atoms with van der Waals surface area (Å²) >= 11 is 0. The van der Waals surface area contributed by atoms with E-state index < -0.39 is 0 Å². The first kappa shape index (κ1) is 19.2. The van der Waals surface area contributed by atoms with E-state index in [4.69, 9.17) is 15.5 Å². The molecule has 3 aromatic rings. The lowest BCUT2D eigenvalue weighted by Crippen LogP contribution is -1.99. The molecule has 0 bridgehead atoms. The molecule has 0 amide bonds. The number of rotatable bonds is 10. The van der Waals surface area contributed by atoms with Gasteiger partial charge in [0.05, 0.1) is 12.1 Å². The second-order valence-electron chi connectivity index (χ2n) is 6.87. The lowest BCUT2D eigenvalue weighted by Gasteiger charge is -2.07. The summed E-state index contributed by atoms with van der Waals surface area (Å²) in [5.41, 5.74) is 8.99. The van der Waals surface area contributed by atoms with Crippen molar-refractivity contribution in [3.63, 3.8) is 0 Å². The summed E-state index contributed by atoms with van der Waals surface area (Å²) in [7, 11) is 0. The fourth-order valence-corrected chi connectivity index (χ4v) is 3.25. The van der Waals surface area contributed by atoms with Crippen LogP contribution in [0.4, 0.5) is 10.1 Å². The van der Waals surface area contributed by atoms with E-state index in [0.717, 1.165) is 48.0 Å². The zero-order chi connectivity index (χ0) is 18.9. The van der Waals surface area contributed by atoms with Gasteiger partial charge in [-0.2, -0.15) is 0 Å². The van der Waals surface area contributed by atoms with Crippen LogP contribution in [0.5, 0.6) is 5.75 Å². The highest BCUT2D eigenvalue weighted by molar-refractivity contribution is 5.90. The van der Waals surface area contributed by atoms with E-state index in [2.05, 4.69) is 0 Å². The van der Waals surface area contributed by atoms with Gasteiger partial charge in [0.25, 0.3) is 0 Å². The fourth-order valence-electron chi connectivity index (χ4n) is 3.25. The molecule has 0 atom stereocenters. The molecule has 0 spiro atoms. The Hall–Kier alpha value is -2.62. The van der Waals surface area contributed by atoms with E-state index in [9.17, 15) is 4.39 Å². The number of para-hydroxylation sites is 2. The van der Waals surface area contributed by atoms with Gasteiger partial charge in [-0.05, 0) is 43.5 Å². The average molecular weight is 366 g/mol. The van der Waals surface area contributed by atoms with Crippen LogP contribution in [0.2, 0.25) is 0 Å². The molecule has 0 saturated heterocycles. The zero-order valence-corrected chi connectivity index (χ0v) is 15.7. The minimum atomic E-state index is -0.291. The largest absolute Gasteiger partial charge is 0.491 e. The van der Waals surface area contributed by atoms with Gasteiger partial charge in [-0.3, -0.25) is 4.98 Å². The Morgan fingerprint density at radius 1 is 0.852 bits per heavy atom. The molecule has 0 unspecified atom stereocenters. The van der Waals surface area contributed by atoms with Crippen molar-refractivity contribution in [1.82, 2.24) is 4.98 Å². The number of hydrogen-bond acceptors (Lipinski definition) is 3. The summed E-state index contributed by atoms with van der Waals surface area (Å²) in [5, 5.41) is 1.03. The number of anilines is 1. The molecule has 0 aliphatic carbocycles. The van der Waals surface area contributed by atoms with Crippen molar-refractivity contribution in [2.45, 2.75) is 44.9 Å². The molecule has 1 aromatic heterocycles. The van der Waals surface area contributed by atoms with Crippen molar-refractivity contribution in [2.75, 3.05) is 12.3 Å². The number of unbranched alkanes of at least 4 members (excludes halogenated alkanes) is 5. The Morgan fingerprint density at radius 2 is 1.56 bits per heavy atom. The molecule has 142 valence electrons. The van der Waals surface area contributed by atoms with Crippen molar-refractivity contribution in [1.29, 1.82) is 0 Å². The standard InChI is InChI=1S/C23H27FN2O/c24-20-13-7-9-15-23(20)27-16-10-4-2-1-3-5-11-18-17-21(25)19-12-6-8-14-22(19)26-18/h6-9,12-15,17H,1-5,10-11,16H2,(H2,25,26). The quantitative estimate of drug-likeness (QED) is 0.453. The number of pyridine rings is 1. The minimum Gasteiger partial charge on any atom is -0.491 e. The minimum absolute atomic E-state index is 0.291. The van der Waals surface area contributed by atoms with E-state index in [1.54, 1.807) is 18.2 Å². The molecule has 3 nitrogen and oxygen atoms in total. The normalized spacial score (nSPS) is 11.0. The Morgan fingerprint density at radius 3 is 2.41 bits per heavy atom. The van der Waals surface area contributed by atoms with Crippen LogP contribution in [0.1, 0.15) is 44.2 Å². The van der Waals surface area contributed by atoms with E-state index in [-0.39, 0.29) is 5.82 Å². The van der Waals surface area contributed by atoms with Gasteiger partial charge in [-0.15, -0.1) is 0 Å². The molecule has 0 fully saturated rings. The van der Waals surface area contributed by atoms with Crippen LogP contribution in [-0.2, 0) is 6.42 Å². The average Bonchev–Trinajstić information content (AvgIpc) is 2.68. The number of hydrogen-bond donors (Lipinski definition) is 1. The van der Waals surface area contributed by atoms with Gasteiger partial charge in [0, 0.05) is 16.8 Å². The molecule has 4 heteroatoms. The van der Waals surface area contributed by atoms with Crippen molar-refractivity contribution >= 4 is 16.6 Å². The highest BCUT2D eigenvalue weighted by Crippen LogP contribution is 2.21. The smallest absolute Gasteiger partial charge is 0.165 e. The highest BCUT2D eigenvalue weighted by atomic mass is 19.1. The van der Waals surface area contributed by atoms with Crippen molar-refractivity contribution in [3.05, 3.63) is 66.1 Å². The third kappa shape index (κ3) is 5.68. The maximum atomic E-state index is 13.4. The molecular formula is C23H27FN2O. The fraction of sp³-hybridized carbons (Fsp3) is 0.348.